The fourth-order valence-electron chi connectivity index (χ4n) is 3.07. The average molecular weight is 433 g/mol. The van der Waals surface area contributed by atoms with Gasteiger partial charge in [-0.05, 0) is 44.2 Å². The summed E-state index contributed by atoms with van der Waals surface area (Å²) < 4.78 is 5.78. The van der Waals surface area contributed by atoms with Crippen LogP contribution in [0.5, 0.6) is 11.5 Å². The number of ether oxygens (including phenoxy) is 1. The van der Waals surface area contributed by atoms with E-state index in [1.807, 2.05) is 61.5 Å². The molecule has 0 aliphatic heterocycles. The maximum absolute atomic E-state index is 12.8. The lowest BCUT2D eigenvalue weighted by Crippen LogP contribution is -2.15. The quantitative estimate of drug-likeness (QED) is 0.265. The van der Waals surface area contributed by atoms with Crippen molar-refractivity contribution in [2.75, 3.05) is 11.1 Å². The minimum absolute atomic E-state index is 0.294. The number of nitrogens with one attached hydrogen (secondary N) is 2. The Kier molecular flexibility index (Phi) is 5.64. The fraction of sp³-hybridized carbons (Fsp3) is 0.0833. The lowest BCUT2D eigenvalue weighted by molar-refractivity contribution is -0.112. The number of hydrogen-bond donors (Lipinski definition) is 3. The third-order valence-corrected chi connectivity index (χ3v) is 5.27. The van der Waals surface area contributed by atoms with E-state index in [1.54, 1.807) is 19.1 Å². The van der Waals surface area contributed by atoms with E-state index in [2.05, 4.69) is 15.3 Å². The molecule has 0 radical (unpaired) electrons. The summed E-state index contributed by atoms with van der Waals surface area (Å²) in [6.45, 7) is 3.59. The van der Waals surface area contributed by atoms with E-state index in [-0.39, 0.29) is 5.91 Å². The molecule has 3 aromatic carbocycles. The molecule has 4 aromatic rings. The number of imidazole rings is 1. The molecule has 1 amide bonds. The van der Waals surface area contributed by atoms with Crippen molar-refractivity contribution in [3.8, 4) is 11.5 Å². The second-order valence-corrected chi connectivity index (χ2v) is 7.50. The third-order valence-electron chi connectivity index (χ3n) is 4.97. The molecule has 0 aliphatic carbocycles. The van der Waals surface area contributed by atoms with Crippen LogP contribution in [0, 0.1) is 0 Å². The first kappa shape index (κ1) is 20.5. The van der Waals surface area contributed by atoms with Crippen LogP contribution >= 0.6 is 11.6 Å². The molecule has 6 nitrogen and oxygen atoms in total. The lowest BCUT2D eigenvalue weighted by Gasteiger charge is -2.13. The smallest absolute Gasteiger partial charge is 0.251 e. The summed E-state index contributed by atoms with van der Waals surface area (Å²) in [7, 11) is 0. The number of para-hydroxylation sites is 3. The van der Waals surface area contributed by atoms with E-state index < -0.39 is 0 Å². The zero-order valence-electron chi connectivity index (χ0n) is 17.1. The molecule has 0 bridgehead atoms. The lowest BCUT2D eigenvalue weighted by atomic mass is 10.1. The molecule has 0 atom stereocenters. The van der Waals surface area contributed by atoms with Crippen LogP contribution < -0.4 is 15.8 Å². The van der Waals surface area contributed by atoms with Gasteiger partial charge in [0.05, 0.1) is 27.4 Å². The van der Waals surface area contributed by atoms with Gasteiger partial charge in [-0.3, -0.25) is 4.79 Å². The number of hydrogen-bond acceptors (Lipinski definition) is 4. The monoisotopic (exact) mass is 432 g/mol. The number of halogens is 1. The number of allylic oxidation sites excluding steroid dienone is 1. The van der Waals surface area contributed by atoms with Gasteiger partial charge in [0.1, 0.15) is 17.3 Å². The van der Waals surface area contributed by atoms with E-state index in [0.717, 1.165) is 16.6 Å². The number of H-pyrrole nitrogens is 1. The number of aromatic nitrogens is 2. The van der Waals surface area contributed by atoms with E-state index in [4.69, 9.17) is 22.1 Å². The van der Waals surface area contributed by atoms with Crippen molar-refractivity contribution in [1.29, 1.82) is 0 Å². The molecule has 7 heteroatoms. The number of nitrogen functional groups attached to an aromatic ring is 1. The van der Waals surface area contributed by atoms with Crippen molar-refractivity contribution in [1.82, 2.24) is 9.97 Å². The topological polar surface area (TPSA) is 93.0 Å². The molecule has 4 N–H and O–H groups in total. The summed E-state index contributed by atoms with van der Waals surface area (Å²) in [6.07, 6.45) is 0. The molecule has 31 heavy (non-hydrogen) atoms. The van der Waals surface area contributed by atoms with Gasteiger partial charge in [0.15, 0.2) is 0 Å². The summed E-state index contributed by atoms with van der Waals surface area (Å²) >= 11 is 6.36. The predicted molar refractivity (Wildman–Crippen MR) is 125 cm³/mol. The fourth-order valence-corrected chi connectivity index (χ4v) is 3.27. The molecule has 0 unspecified atom stereocenters. The number of benzene rings is 3. The molecule has 0 spiro atoms. The second-order valence-electron chi connectivity index (χ2n) is 7.09. The van der Waals surface area contributed by atoms with E-state index >= 15 is 0 Å². The Labute approximate surface area is 184 Å². The molecule has 1 aromatic heterocycles. The van der Waals surface area contributed by atoms with Gasteiger partial charge in [-0.1, -0.05) is 41.9 Å². The van der Waals surface area contributed by atoms with Crippen LogP contribution in [0.1, 0.15) is 19.7 Å². The third kappa shape index (κ3) is 4.39. The van der Waals surface area contributed by atoms with Gasteiger partial charge in [0.2, 0.25) is 0 Å². The number of nitrogens with two attached hydrogens (primary N) is 1. The van der Waals surface area contributed by atoms with Gasteiger partial charge in [0.25, 0.3) is 5.91 Å². The van der Waals surface area contributed by atoms with Crippen LogP contribution in [0.25, 0.3) is 16.6 Å². The standard InChI is InChI=1S/C24H21ClN4O2/c1-14(23-27-19-10-6-7-11-20(19)28-23)15(2)24(30)29-21-12-17(25)22(13-18(21)26)31-16-8-4-3-5-9-16/h3-13H,26H2,1-2H3,(H,27,28)(H,29,30). The first-order chi connectivity index (χ1) is 14.9. The molecule has 156 valence electrons. The van der Waals surface area contributed by atoms with Crippen molar-refractivity contribution in [3.05, 3.63) is 83.2 Å². The SMILES string of the molecule is CC(C(=O)Nc1cc(Cl)c(Oc2ccccc2)cc1N)=C(C)c1nc2ccccc2[nH]1. The number of amides is 1. The largest absolute Gasteiger partial charge is 0.456 e. The highest BCUT2D eigenvalue weighted by Crippen LogP contribution is 2.36. The Hall–Kier alpha value is -3.77. The minimum atomic E-state index is -0.294. The molecule has 0 fully saturated rings. The van der Waals surface area contributed by atoms with Gasteiger partial charge in [-0.2, -0.15) is 0 Å². The van der Waals surface area contributed by atoms with Crippen LogP contribution in [0.4, 0.5) is 11.4 Å². The van der Waals surface area contributed by atoms with E-state index in [9.17, 15) is 4.79 Å². The van der Waals surface area contributed by atoms with Crippen LogP contribution in [0.2, 0.25) is 5.02 Å². The maximum atomic E-state index is 12.8. The minimum Gasteiger partial charge on any atom is -0.456 e. The highest BCUT2D eigenvalue weighted by atomic mass is 35.5. The number of aromatic amines is 1. The average Bonchev–Trinajstić information content (AvgIpc) is 3.21. The summed E-state index contributed by atoms with van der Waals surface area (Å²) in [4.78, 5) is 20.6. The molecule has 0 aliphatic rings. The maximum Gasteiger partial charge on any atom is 0.251 e. The highest BCUT2D eigenvalue weighted by Gasteiger charge is 2.15. The predicted octanol–water partition coefficient (Wildman–Crippen LogP) is 6.02. The summed E-state index contributed by atoms with van der Waals surface area (Å²) in [6, 6.07) is 20.1. The molecule has 1 heterocycles. The molecular weight excluding hydrogens is 412 g/mol. The molecule has 0 saturated carbocycles. The number of fused-ring (bicyclic) bond motifs is 1. The molecular formula is C24H21ClN4O2. The first-order valence-electron chi connectivity index (χ1n) is 9.68. The Balaban J connectivity index is 1.55. The van der Waals surface area contributed by atoms with Gasteiger partial charge in [-0.25, -0.2) is 4.98 Å². The van der Waals surface area contributed by atoms with Gasteiger partial charge in [-0.15, -0.1) is 0 Å². The Morgan fingerprint density at radius 2 is 1.77 bits per heavy atom. The Bertz CT molecular complexity index is 1260. The Morgan fingerprint density at radius 3 is 2.52 bits per heavy atom. The number of carbonyl (C=O) groups excluding carboxylic acids is 1. The Morgan fingerprint density at radius 1 is 1.06 bits per heavy atom. The second kappa shape index (κ2) is 8.53. The van der Waals surface area contributed by atoms with Crippen molar-refractivity contribution < 1.29 is 9.53 Å². The zero-order chi connectivity index (χ0) is 22.0. The summed E-state index contributed by atoms with van der Waals surface area (Å²) in [5, 5.41) is 3.16. The molecule has 4 rings (SSSR count). The number of anilines is 2. The van der Waals surface area contributed by atoms with Gasteiger partial charge in [0, 0.05) is 17.2 Å². The van der Waals surface area contributed by atoms with E-state index in [0.29, 0.717) is 39.3 Å². The van der Waals surface area contributed by atoms with Gasteiger partial charge >= 0.3 is 0 Å². The zero-order valence-corrected chi connectivity index (χ0v) is 17.8. The van der Waals surface area contributed by atoms with Crippen molar-refractivity contribution in [3.63, 3.8) is 0 Å². The summed E-state index contributed by atoms with van der Waals surface area (Å²) in [5.41, 5.74) is 9.90. The highest BCUT2D eigenvalue weighted by molar-refractivity contribution is 6.32. The first-order valence-corrected chi connectivity index (χ1v) is 10.1. The number of nitrogens with zero attached hydrogens (tertiary/aromatic N) is 1. The summed E-state index contributed by atoms with van der Waals surface area (Å²) in [5.74, 6) is 1.40. The van der Waals surface area contributed by atoms with E-state index in [1.165, 1.54) is 0 Å². The van der Waals surface area contributed by atoms with Crippen molar-refractivity contribution in [2.24, 2.45) is 0 Å². The van der Waals surface area contributed by atoms with Gasteiger partial charge < -0.3 is 20.8 Å². The van der Waals surface area contributed by atoms with Crippen LogP contribution in [0.15, 0.2) is 72.3 Å². The normalized spacial score (nSPS) is 11.8. The van der Waals surface area contributed by atoms with Crippen molar-refractivity contribution in [2.45, 2.75) is 13.8 Å². The van der Waals surface area contributed by atoms with Crippen LogP contribution in [-0.4, -0.2) is 15.9 Å². The van der Waals surface area contributed by atoms with Crippen LogP contribution in [-0.2, 0) is 4.79 Å². The number of rotatable bonds is 5. The number of carbonyl (C=O) groups is 1. The van der Waals surface area contributed by atoms with Crippen LogP contribution in [0.3, 0.4) is 0 Å². The molecule has 0 saturated heterocycles. The van der Waals surface area contributed by atoms with Crippen molar-refractivity contribution >= 4 is 45.5 Å².